The zero-order valence-corrected chi connectivity index (χ0v) is 19.3. The van der Waals surface area contributed by atoms with Gasteiger partial charge in [-0.05, 0) is 63.5 Å². The van der Waals surface area contributed by atoms with Crippen LogP contribution in [0.1, 0.15) is 80.1 Å². The molecule has 160 valence electrons. The predicted molar refractivity (Wildman–Crippen MR) is 115 cm³/mol. The van der Waals surface area contributed by atoms with Crippen LogP contribution < -0.4 is 5.32 Å². The summed E-state index contributed by atoms with van der Waals surface area (Å²) < 4.78 is 0. The molecule has 1 N–H and O–H groups in total. The van der Waals surface area contributed by atoms with Gasteiger partial charge in [0.15, 0.2) is 0 Å². The second-order valence-corrected chi connectivity index (χ2v) is 11.5. The minimum absolute atomic E-state index is 0.00509. The van der Waals surface area contributed by atoms with Crippen LogP contribution in [0, 0.1) is 17.3 Å². The summed E-state index contributed by atoms with van der Waals surface area (Å²) in [5, 5.41) is 2.85. The summed E-state index contributed by atoms with van der Waals surface area (Å²) in [6.45, 7) is 13.1. The van der Waals surface area contributed by atoms with Crippen molar-refractivity contribution in [3.8, 4) is 0 Å². The third kappa shape index (κ3) is 6.50. The lowest BCUT2D eigenvalue weighted by Gasteiger charge is -2.32. The van der Waals surface area contributed by atoms with Crippen molar-refractivity contribution >= 4 is 29.5 Å². The van der Waals surface area contributed by atoms with Crippen LogP contribution in [0.5, 0.6) is 0 Å². The third-order valence-corrected chi connectivity index (χ3v) is 7.71. The van der Waals surface area contributed by atoms with Gasteiger partial charge in [0, 0.05) is 24.4 Å². The van der Waals surface area contributed by atoms with Crippen LogP contribution >= 0.6 is 11.8 Å². The molecule has 0 bridgehead atoms. The summed E-state index contributed by atoms with van der Waals surface area (Å²) in [5.41, 5.74) is -0.0191. The number of amides is 3. The Kier molecular flexibility index (Phi) is 7.62. The molecule has 1 unspecified atom stereocenters. The van der Waals surface area contributed by atoms with Gasteiger partial charge in [-0.1, -0.05) is 27.2 Å². The first-order valence-corrected chi connectivity index (χ1v) is 11.7. The number of hydrogen-bond donors (Lipinski definition) is 1. The molecule has 1 saturated carbocycles. The zero-order chi connectivity index (χ0) is 21.1. The first-order valence-electron chi connectivity index (χ1n) is 10.7. The number of carbonyl (C=O) groups excluding carboxylic acids is 3. The maximum Gasteiger partial charge on any atom is 0.242 e. The van der Waals surface area contributed by atoms with Crippen LogP contribution in [0.4, 0.5) is 0 Å². The monoisotopic (exact) mass is 410 g/mol. The van der Waals surface area contributed by atoms with Crippen molar-refractivity contribution in [3.63, 3.8) is 0 Å². The topological polar surface area (TPSA) is 66.5 Å². The van der Waals surface area contributed by atoms with Crippen LogP contribution in [0.15, 0.2) is 0 Å². The molecule has 28 heavy (non-hydrogen) atoms. The molecule has 1 atom stereocenters. The number of likely N-dealkylation sites (tertiary alicyclic amines) is 1. The van der Waals surface area contributed by atoms with Gasteiger partial charge in [-0.25, -0.2) is 0 Å². The van der Waals surface area contributed by atoms with Crippen molar-refractivity contribution in [1.29, 1.82) is 0 Å². The van der Waals surface area contributed by atoms with Crippen molar-refractivity contribution in [2.45, 2.75) is 90.9 Å². The van der Waals surface area contributed by atoms with Crippen molar-refractivity contribution in [2.24, 2.45) is 17.3 Å². The average Bonchev–Trinajstić information content (AvgIpc) is 2.87. The molecule has 1 saturated heterocycles. The fraction of sp³-hybridized carbons (Fsp3) is 0.864. The summed E-state index contributed by atoms with van der Waals surface area (Å²) in [5.74, 6) is 1.38. The molecule has 3 amide bonds. The van der Waals surface area contributed by atoms with Crippen molar-refractivity contribution < 1.29 is 14.4 Å². The third-order valence-electron chi connectivity index (χ3n) is 5.99. The highest BCUT2D eigenvalue weighted by Crippen LogP contribution is 2.35. The van der Waals surface area contributed by atoms with Gasteiger partial charge in [-0.2, -0.15) is 0 Å². The molecule has 1 heterocycles. The summed E-state index contributed by atoms with van der Waals surface area (Å²) >= 11 is 1.64. The Balaban J connectivity index is 1.82. The van der Waals surface area contributed by atoms with Crippen LogP contribution in [0.25, 0.3) is 0 Å². The van der Waals surface area contributed by atoms with Crippen molar-refractivity contribution in [2.75, 3.05) is 12.3 Å². The summed E-state index contributed by atoms with van der Waals surface area (Å²) in [6, 6.07) is 0. The molecule has 0 aromatic carbocycles. The Hall–Kier alpha value is -1.04. The zero-order valence-electron chi connectivity index (χ0n) is 18.5. The molecule has 0 aromatic rings. The number of thioether (sulfide) groups is 1. The second kappa shape index (κ2) is 9.19. The molecular formula is C22H38N2O3S. The normalized spacial score (nSPS) is 26.6. The van der Waals surface area contributed by atoms with Crippen LogP contribution in [0.3, 0.4) is 0 Å². The number of imide groups is 1. The first kappa shape index (κ1) is 23.2. The molecule has 0 spiro atoms. The molecule has 5 nitrogen and oxygen atoms in total. The fourth-order valence-corrected chi connectivity index (χ4v) is 5.13. The largest absolute Gasteiger partial charge is 0.351 e. The lowest BCUT2D eigenvalue weighted by molar-refractivity contribution is -0.139. The summed E-state index contributed by atoms with van der Waals surface area (Å²) in [6.07, 6.45) is 4.88. The summed E-state index contributed by atoms with van der Waals surface area (Å²) in [7, 11) is 0. The van der Waals surface area contributed by atoms with Gasteiger partial charge < -0.3 is 5.32 Å². The number of nitrogens with zero attached hydrogens (tertiary/aromatic N) is 1. The maximum absolute atomic E-state index is 12.7. The van der Waals surface area contributed by atoms with E-state index in [1.165, 1.54) is 4.90 Å². The lowest BCUT2D eigenvalue weighted by Crippen LogP contribution is -2.45. The second-order valence-electron chi connectivity index (χ2n) is 10.3. The molecule has 0 radical (unpaired) electrons. The van der Waals surface area contributed by atoms with Gasteiger partial charge >= 0.3 is 0 Å². The quantitative estimate of drug-likeness (QED) is 0.644. The highest BCUT2D eigenvalue weighted by molar-refractivity contribution is 8.00. The van der Waals surface area contributed by atoms with E-state index in [2.05, 4.69) is 26.1 Å². The Morgan fingerprint density at radius 3 is 2.25 bits per heavy atom. The Labute approximate surface area is 174 Å². The van der Waals surface area contributed by atoms with Crippen LogP contribution in [-0.4, -0.2) is 45.7 Å². The molecule has 2 fully saturated rings. The highest BCUT2D eigenvalue weighted by Gasteiger charge is 2.41. The van der Waals surface area contributed by atoms with E-state index < -0.39 is 0 Å². The summed E-state index contributed by atoms with van der Waals surface area (Å²) in [4.78, 5) is 39.0. The van der Waals surface area contributed by atoms with Gasteiger partial charge in [-0.3, -0.25) is 19.3 Å². The predicted octanol–water partition coefficient (Wildman–Crippen LogP) is 4.00. The Morgan fingerprint density at radius 1 is 1.11 bits per heavy atom. The van der Waals surface area contributed by atoms with E-state index in [4.69, 9.17) is 0 Å². The van der Waals surface area contributed by atoms with Gasteiger partial charge in [0.2, 0.25) is 17.7 Å². The van der Waals surface area contributed by atoms with Gasteiger partial charge in [0.05, 0.1) is 5.25 Å². The minimum atomic E-state index is -0.216. The van der Waals surface area contributed by atoms with E-state index in [0.29, 0.717) is 18.9 Å². The number of hydrogen-bond acceptors (Lipinski definition) is 4. The maximum atomic E-state index is 12.7. The lowest BCUT2D eigenvalue weighted by atomic mass is 9.81. The number of rotatable bonds is 7. The van der Waals surface area contributed by atoms with E-state index in [-0.39, 0.29) is 39.8 Å². The minimum Gasteiger partial charge on any atom is -0.351 e. The van der Waals surface area contributed by atoms with Gasteiger partial charge in [-0.15, -0.1) is 11.8 Å². The van der Waals surface area contributed by atoms with E-state index in [1.54, 1.807) is 11.8 Å². The molecule has 6 heteroatoms. The Morgan fingerprint density at radius 2 is 1.71 bits per heavy atom. The van der Waals surface area contributed by atoms with Crippen molar-refractivity contribution in [3.05, 3.63) is 0 Å². The van der Waals surface area contributed by atoms with Gasteiger partial charge in [0.25, 0.3) is 0 Å². The first-order chi connectivity index (χ1) is 12.9. The molecule has 0 aromatic heterocycles. The number of carbonyl (C=O) groups is 3. The molecule has 1 aliphatic carbocycles. The van der Waals surface area contributed by atoms with Gasteiger partial charge in [0.1, 0.15) is 0 Å². The average molecular weight is 411 g/mol. The van der Waals surface area contributed by atoms with E-state index in [0.717, 1.165) is 37.9 Å². The van der Waals surface area contributed by atoms with Crippen LogP contribution in [-0.2, 0) is 14.4 Å². The standard InChI is InChI=1S/C22H38N2O3S/c1-7-22(5,6)14-28-17-12-18(25)24(20(17)27)13-15-8-10-16(11-9-15)19(26)23-21(2,3)4/h15-17H,7-14H2,1-6H3,(H,23,26). The molecular weight excluding hydrogens is 372 g/mol. The molecule has 2 rings (SSSR count). The fourth-order valence-electron chi connectivity index (χ4n) is 3.74. The van der Waals surface area contributed by atoms with Crippen LogP contribution in [0.2, 0.25) is 0 Å². The van der Waals surface area contributed by atoms with E-state index >= 15 is 0 Å². The van der Waals surface area contributed by atoms with E-state index in [9.17, 15) is 14.4 Å². The van der Waals surface area contributed by atoms with Crippen molar-refractivity contribution in [1.82, 2.24) is 10.2 Å². The van der Waals surface area contributed by atoms with E-state index in [1.807, 2.05) is 20.8 Å². The number of nitrogens with one attached hydrogen (secondary N) is 1. The smallest absolute Gasteiger partial charge is 0.242 e. The Bertz CT molecular complexity index is 589. The highest BCUT2D eigenvalue weighted by atomic mass is 32.2. The SMILES string of the molecule is CCC(C)(C)CSC1CC(=O)N(CC2CCC(C(=O)NC(C)(C)C)CC2)C1=O. The molecule has 1 aliphatic heterocycles. The molecule has 2 aliphatic rings.